The topological polar surface area (TPSA) is 95.1 Å². The van der Waals surface area contributed by atoms with Gasteiger partial charge < -0.3 is 16.0 Å². The number of carbonyl (C=O) groups excluding carboxylic acids is 1. The molecular weight excluding hydrogens is 182 g/mol. The van der Waals surface area contributed by atoms with Crippen molar-refractivity contribution in [1.29, 1.82) is 0 Å². The Morgan fingerprint density at radius 1 is 1.43 bits per heavy atom. The fraction of sp³-hybridized carbons (Fsp3) is 0.556. The second-order valence-corrected chi connectivity index (χ2v) is 3.65. The van der Waals surface area contributed by atoms with Crippen LogP contribution in [0.25, 0.3) is 0 Å². The maximum Gasteiger partial charge on any atom is 0.256 e. The van der Waals surface area contributed by atoms with Gasteiger partial charge in [-0.25, -0.2) is 0 Å². The van der Waals surface area contributed by atoms with E-state index in [9.17, 15) is 4.79 Å². The Labute approximate surface area is 81.4 Å². The van der Waals surface area contributed by atoms with E-state index >= 15 is 0 Å². The molecule has 1 amide bonds. The van der Waals surface area contributed by atoms with Crippen molar-refractivity contribution in [3.8, 4) is 0 Å². The summed E-state index contributed by atoms with van der Waals surface area (Å²) in [6.07, 6.45) is 4.39. The van der Waals surface area contributed by atoms with Crippen molar-refractivity contribution in [1.82, 2.24) is 5.16 Å². The first-order chi connectivity index (χ1) is 6.70. The number of carbonyl (C=O) groups is 1. The van der Waals surface area contributed by atoms with Gasteiger partial charge in [-0.15, -0.1) is 0 Å². The Balaban J connectivity index is 2.37. The number of hydrogen-bond donors (Lipinski definition) is 2. The first kappa shape index (κ1) is 9.05. The lowest BCUT2D eigenvalue weighted by molar-refractivity contribution is 0.0999. The molecule has 1 aliphatic rings. The third-order valence-corrected chi connectivity index (χ3v) is 2.73. The summed E-state index contributed by atoms with van der Waals surface area (Å²) in [5.74, 6) is -0.219. The predicted octanol–water partition coefficient (Wildman–Crippen LogP) is 1.01. The molecule has 14 heavy (non-hydrogen) atoms. The van der Waals surface area contributed by atoms with Gasteiger partial charge in [0.2, 0.25) is 5.88 Å². The Morgan fingerprint density at radius 2 is 2.07 bits per heavy atom. The molecule has 2 rings (SSSR count). The second kappa shape index (κ2) is 3.32. The lowest BCUT2D eigenvalue weighted by Gasteiger charge is -2.04. The Morgan fingerprint density at radius 3 is 2.64 bits per heavy atom. The number of nitrogens with zero attached hydrogens (tertiary/aromatic N) is 1. The minimum absolute atomic E-state index is 0.0411. The Kier molecular flexibility index (Phi) is 2.15. The lowest BCUT2D eigenvalue weighted by atomic mass is 10.00. The maximum absolute atomic E-state index is 11.1. The number of nitrogens with two attached hydrogens (primary N) is 2. The quantitative estimate of drug-likeness (QED) is 0.736. The van der Waals surface area contributed by atoms with Crippen molar-refractivity contribution < 1.29 is 9.32 Å². The minimum Gasteiger partial charge on any atom is -0.367 e. The molecule has 0 saturated heterocycles. The van der Waals surface area contributed by atoms with E-state index in [1.807, 2.05) is 0 Å². The van der Waals surface area contributed by atoms with Gasteiger partial charge in [0.15, 0.2) is 0 Å². The summed E-state index contributed by atoms with van der Waals surface area (Å²) in [4.78, 5) is 11.1. The highest BCUT2D eigenvalue weighted by atomic mass is 16.5. The van der Waals surface area contributed by atoms with Crippen LogP contribution in [-0.4, -0.2) is 11.1 Å². The van der Waals surface area contributed by atoms with E-state index in [-0.39, 0.29) is 11.4 Å². The van der Waals surface area contributed by atoms with Gasteiger partial charge in [0, 0.05) is 5.92 Å². The monoisotopic (exact) mass is 195 g/mol. The average molecular weight is 195 g/mol. The van der Waals surface area contributed by atoms with E-state index in [2.05, 4.69) is 5.16 Å². The summed E-state index contributed by atoms with van der Waals surface area (Å²) >= 11 is 0. The fourth-order valence-corrected chi connectivity index (χ4v) is 2.04. The molecule has 1 aliphatic carbocycles. The molecule has 0 radical (unpaired) electrons. The molecule has 0 spiro atoms. The van der Waals surface area contributed by atoms with Crippen LogP contribution < -0.4 is 11.5 Å². The molecule has 1 aromatic rings. The van der Waals surface area contributed by atoms with Crippen LogP contribution in [0, 0.1) is 0 Å². The number of primary amides is 1. The van der Waals surface area contributed by atoms with Crippen LogP contribution >= 0.6 is 0 Å². The van der Waals surface area contributed by atoms with E-state index in [0.717, 1.165) is 25.7 Å². The third kappa shape index (κ3) is 1.34. The molecule has 1 heterocycles. The molecule has 1 fully saturated rings. The molecule has 76 valence electrons. The molecule has 0 bridgehead atoms. The number of aromatic nitrogens is 1. The number of rotatable bonds is 2. The summed E-state index contributed by atoms with van der Waals surface area (Å²) in [6.45, 7) is 0. The van der Waals surface area contributed by atoms with Crippen molar-refractivity contribution in [2.75, 3.05) is 5.73 Å². The van der Waals surface area contributed by atoms with Crippen molar-refractivity contribution in [2.45, 2.75) is 31.6 Å². The van der Waals surface area contributed by atoms with Crippen LogP contribution in [0.4, 0.5) is 5.88 Å². The smallest absolute Gasteiger partial charge is 0.256 e. The third-order valence-electron chi connectivity index (χ3n) is 2.73. The molecular formula is C9H13N3O2. The van der Waals surface area contributed by atoms with Gasteiger partial charge in [-0.05, 0) is 12.8 Å². The molecule has 1 aromatic heterocycles. The molecule has 5 nitrogen and oxygen atoms in total. The van der Waals surface area contributed by atoms with Gasteiger partial charge in [-0.2, -0.15) is 0 Å². The second-order valence-electron chi connectivity index (χ2n) is 3.65. The van der Waals surface area contributed by atoms with Crippen LogP contribution in [0.3, 0.4) is 0 Å². The zero-order chi connectivity index (χ0) is 10.1. The van der Waals surface area contributed by atoms with Gasteiger partial charge >= 0.3 is 0 Å². The van der Waals surface area contributed by atoms with E-state index in [0.29, 0.717) is 11.6 Å². The predicted molar refractivity (Wildman–Crippen MR) is 50.6 cm³/mol. The Hall–Kier alpha value is -1.52. The SMILES string of the molecule is NC(=O)c1c(C2CCCC2)noc1N. The van der Waals surface area contributed by atoms with Crippen LogP contribution in [0.5, 0.6) is 0 Å². The molecule has 0 aliphatic heterocycles. The maximum atomic E-state index is 11.1. The molecule has 0 unspecified atom stereocenters. The van der Waals surface area contributed by atoms with Crippen molar-refractivity contribution in [3.63, 3.8) is 0 Å². The van der Waals surface area contributed by atoms with E-state index in [4.69, 9.17) is 16.0 Å². The van der Waals surface area contributed by atoms with Gasteiger partial charge in [0.05, 0.1) is 0 Å². The van der Waals surface area contributed by atoms with E-state index in [1.165, 1.54) is 0 Å². The number of nitrogen functional groups attached to an aromatic ring is 1. The highest BCUT2D eigenvalue weighted by molar-refractivity contribution is 5.98. The zero-order valence-electron chi connectivity index (χ0n) is 7.82. The first-order valence-corrected chi connectivity index (χ1v) is 4.75. The molecule has 1 saturated carbocycles. The van der Waals surface area contributed by atoms with Gasteiger partial charge in [-0.1, -0.05) is 18.0 Å². The van der Waals surface area contributed by atoms with Gasteiger partial charge in [0.1, 0.15) is 11.3 Å². The van der Waals surface area contributed by atoms with Crippen molar-refractivity contribution >= 4 is 11.8 Å². The van der Waals surface area contributed by atoms with Crippen LogP contribution in [-0.2, 0) is 0 Å². The molecule has 0 atom stereocenters. The highest BCUT2D eigenvalue weighted by Gasteiger charge is 2.27. The first-order valence-electron chi connectivity index (χ1n) is 4.75. The van der Waals surface area contributed by atoms with Crippen LogP contribution in [0.15, 0.2) is 4.52 Å². The van der Waals surface area contributed by atoms with Gasteiger partial charge in [-0.3, -0.25) is 4.79 Å². The largest absolute Gasteiger partial charge is 0.367 e. The standard InChI is InChI=1S/C9H13N3O2/c10-8(13)6-7(12-14-9(6)11)5-3-1-2-4-5/h5H,1-4,11H2,(H2,10,13). The van der Waals surface area contributed by atoms with Crippen LogP contribution in [0.1, 0.15) is 47.7 Å². The van der Waals surface area contributed by atoms with Gasteiger partial charge in [0.25, 0.3) is 5.91 Å². The van der Waals surface area contributed by atoms with Crippen molar-refractivity contribution in [2.24, 2.45) is 5.73 Å². The molecule has 4 N–H and O–H groups in total. The number of amides is 1. The average Bonchev–Trinajstić information content (AvgIpc) is 2.70. The van der Waals surface area contributed by atoms with Crippen molar-refractivity contribution in [3.05, 3.63) is 11.3 Å². The normalized spacial score (nSPS) is 17.4. The summed E-state index contributed by atoms with van der Waals surface area (Å²) in [7, 11) is 0. The molecule has 5 heteroatoms. The van der Waals surface area contributed by atoms with Crippen LogP contribution in [0.2, 0.25) is 0 Å². The summed E-state index contributed by atoms with van der Waals surface area (Å²) in [6, 6.07) is 0. The summed E-state index contributed by atoms with van der Waals surface area (Å²) in [5.41, 5.74) is 11.6. The minimum atomic E-state index is -0.550. The number of anilines is 1. The van der Waals surface area contributed by atoms with E-state index < -0.39 is 5.91 Å². The Bertz CT molecular complexity index is 353. The fourth-order valence-electron chi connectivity index (χ4n) is 2.04. The highest BCUT2D eigenvalue weighted by Crippen LogP contribution is 2.36. The number of hydrogen-bond acceptors (Lipinski definition) is 4. The molecule has 0 aromatic carbocycles. The summed E-state index contributed by atoms with van der Waals surface area (Å²) in [5, 5.41) is 3.82. The lowest BCUT2D eigenvalue weighted by Crippen LogP contribution is -2.15. The van der Waals surface area contributed by atoms with E-state index in [1.54, 1.807) is 0 Å². The summed E-state index contributed by atoms with van der Waals surface area (Å²) < 4.78 is 4.80. The zero-order valence-corrected chi connectivity index (χ0v) is 7.82.